The minimum absolute atomic E-state index is 0.180. The summed E-state index contributed by atoms with van der Waals surface area (Å²) in [7, 11) is 0. The highest BCUT2D eigenvalue weighted by Gasteiger charge is 2.25. The largest absolute Gasteiger partial charge is 0.481 e. The van der Waals surface area contributed by atoms with E-state index in [0.29, 0.717) is 25.2 Å². The molecular weight excluding hydrogens is 258 g/mol. The first-order valence-electron chi connectivity index (χ1n) is 6.55. The number of amides is 1. The minimum atomic E-state index is -0.854. The molecule has 0 fully saturated rings. The molecule has 1 aromatic rings. The smallest absolute Gasteiger partial charge is 0.310 e. The molecule has 5 nitrogen and oxygen atoms in total. The highest BCUT2D eigenvalue weighted by atomic mass is 16.5. The van der Waals surface area contributed by atoms with Gasteiger partial charge in [-0.2, -0.15) is 0 Å². The van der Waals surface area contributed by atoms with Gasteiger partial charge in [-0.1, -0.05) is 18.2 Å². The zero-order chi connectivity index (χ0) is 14.1. The van der Waals surface area contributed by atoms with Crippen molar-refractivity contribution in [3.05, 3.63) is 47.0 Å². The van der Waals surface area contributed by atoms with Crippen molar-refractivity contribution in [2.45, 2.75) is 25.7 Å². The molecule has 3 rings (SSSR count). The molecule has 0 spiro atoms. The highest BCUT2D eigenvalue weighted by Crippen LogP contribution is 2.22. The molecule has 2 aliphatic rings. The number of carboxylic acid groups (broad SMARTS) is 1. The van der Waals surface area contributed by atoms with Crippen molar-refractivity contribution in [2.24, 2.45) is 5.92 Å². The van der Waals surface area contributed by atoms with E-state index >= 15 is 0 Å². The second-order valence-electron chi connectivity index (χ2n) is 5.12. The summed E-state index contributed by atoms with van der Waals surface area (Å²) in [6.45, 7) is 1.14. The summed E-state index contributed by atoms with van der Waals surface area (Å²) >= 11 is 0. The third-order valence-corrected chi connectivity index (χ3v) is 3.70. The van der Waals surface area contributed by atoms with Crippen molar-refractivity contribution < 1.29 is 19.4 Å². The quantitative estimate of drug-likeness (QED) is 0.818. The summed E-state index contributed by atoms with van der Waals surface area (Å²) in [6.07, 6.45) is 3.78. The van der Waals surface area contributed by atoms with Crippen LogP contribution in [0.3, 0.4) is 0 Å². The predicted molar refractivity (Wildman–Crippen MR) is 71.1 cm³/mol. The van der Waals surface area contributed by atoms with Gasteiger partial charge >= 0.3 is 5.97 Å². The number of aliphatic carboxylic acids is 1. The molecule has 1 aliphatic heterocycles. The summed E-state index contributed by atoms with van der Waals surface area (Å²) in [4.78, 5) is 23.0. The van der Waals surface area contributed by atoms with Crippen LogP contribution >= 0.6 is 0 Å². The third-order valence-electron chi connectivity index (χ3n) is 3.70. The molecule has 2 atom stereocenters. The average Bonchev–Trinajstić information content (AvgIpc) is 3.05. The Bertz CT molecular complexity index is 594. The molecule has 1 amide bonds. The van der Waals surface area contributed by atoms with Crippen LogP contribution in [-0.4, -0.2) is 23.0 Å². The van der Waals surface area contributed by atoms with E-state index < -0.39 is 11.9 Å². The van der Waals surface area contributed by atoms with Gasteiger partial charge in [0.1, 0.15) is 0 Å². The fourth-order valence-corrected chi connectivity index (χ4v) is 2.55. The Morgan fingerprint density at radius 1 is 1.20 bits per heavy atom. The Balaban J connectivity index is 1.66. The minimum Gasteiger partial charge on any atom is -0.481 e. The number of rotatable bonds is 3. The average molecular weight is 273 g/mol. The Morgan fingerprint density at radius 3 is 2.75 bits per heavy atom. The van der Waals surface area contributed by atoms with Crippen LogP contribution < -0.4 is 5.32 Å². The molecule has 1 aromatic carbocycles. The molecule has 2 unspecified atom stereocenters. The van der Waals surface area contributed by atoms with Crippen molar-refractivity contribution >= 4 is 11.9 Å². The normalized spacial score (nSPS) is 23.6. The van der Waals surface area contributed by atoms with Crippen LogP contribution in [0, 0.1) is 5.92 Å². The van der Waals surface area contributed by atoms with Gasteiger partial charge in [0.2, 0.25) is 0 Å². The van der Waals surface area contributed by atoms with Crippen molar-refractivity contribution in [1.82, 2.24) is 5.32 Å². The summed E-state index contributed by atoms with van der Waals surface area (Å²) in [5.74, 6) is -1.54. The molecule has 0 saturated heterocycles. The van der Waals surface area contributed by atoms with Gasteiger partial charge in [-0.25, -0.2) is 0 Å². The van der Waals surface area contributed by atoms with Crippen LogP contribution in [-0.2, 0) is 22.7 Å². The monoisotopic (exact) mass is 273 g/mol. The fraction of sp³-hybridized carbons (Fsp3) is 0.333. The van der Waals surface area contributed by atoms with Gasteiger partial charge in [0.05, 0.1) is 19.1 Å². The van der Waals surface area contributed by atoms with Crippen molar-refractivity contribution in [2.75, 3.05) is 0 Å². The zero-order valence-electron chi connectivity index (χ0n) is 10.8. The molecule has 0 aromatic heterocycles. The number of nitrogens with one attached hydrogen (secondary N) is 1. The fourth-order valence-electron chi connectivity index (χ4n) is 2.55. The van der Waals surface area contributed by atoms with Crippen LogP contribution in [0.2, 0.25) is 0 Å². The molecule has 0 bridgehead atoms. The van der Waals surface area contributed by atoms with Gasteiger partial charge in [-0.3, -0.25) is 9.59 Å². The van der Waals surface area contributed by atoms with Crippen LogP contribution in [0.15, 0.2) is 30.4 Å². The van der Waals surface area contributed by atoms with Crippen LogP contribution in [0.1, 0.15) is 27.9 Å². The molecule has 2 N–H and O–H groups in total. The second-order valence-corrected chi connectivity index (χ2v) is 5.12. The Kier molecular flexibility index (Phi) is 3.28. The summed E-state index contributed by atoms with van der Waals surface area (Å²) in [6, 6.07) is 5.30. The third kappa shape index (κ3) is 2.44. The molecule has 1 heterocycles. The number of benzene rings is 1. The van der Waals surface area contributed by atoms with E-state index in [1.165, 1.54) is 0 Å². The lowest BCUT2D eigenvalue weighted by Gasteiger charge is -2.12. The lowest BCUT2D eigenvalue weighted by atomic mass is 10.1. The molecule has 1 aliphatic carbocycles. The van der Waals surface area contributed by atoms with E-state index in [9.17, 15) is 9.59 Å². The molecule has 20 heavy (non-hydrogen) atoms. The standard InChI is InChI=1S/C15H15NO4/c17-14(16-13-4-3-10(6-13)15(18)19)9-1-2-11-7-20-8-12(11)5-9/h1-5,10,13H,6-8H2,(H,16,17)(H,18,19). The van der Waals surface area contributed by atoms with E-state index in [1.54, 1.807) is 18.2 Å². The van der Waals surface area contributed by atoms with Gasteiger partial charge in [-0.05, 0) is 29.7 Å². The lowest BCUT2D eigenvalue weighted by molar-refractivity contribution is -0.140. The SMILES string of the molecule is O=C(NC1C=CC(C(=O)O)C1)c1ccc2c(c1)COC2. The number of ether oxygens (including phenoxy) is 1. The topological polar surface area (TPSA) is 75.6 Å². The van der Waals surface area contributed by atoms with Gasteiger partial charge in [-0.15, -0.1) is 0 Å². The molecular formula is C15H15NO4. The van der Waals surface area contributed by atoms with E-state index in [2.05, 4.69) is 5.32 Å². The van der Waals surface area contributed by atoms with Gasteiger partial charge in [0, 0.05) is 11.6 Å². The maximum Gasteiger partial charge on any atom is 0.310 e. The van der Waals surface area contributed by atoms with Crippen molar-refractivity contribution in [3.8, 4) is 0 Å². The number of hydrogen-bond acceptors (Lipinski definition) is 3. The van der Waals surface area contributed by atoms with Crippen LogP contribution in [0.4, 0.5) is 0 Å². The molecule has 5 heteroatoms. The summed E-state index contributed by atoms with van der Waals surface area (Å²) < 4.78 is 5.32. The van der Waals surface area contributed by atoms with E-state index in [4.69, 9.17) is 9.84 Å². The number of carboxylic acids is 1. The predicted octanol–water partition coefficient (Wildman–Crippen LogP) is 1.48. The lowest BCUT2D eigenvalue weighted by Crippen LogP contribution is -2.33. The summed E-state index contributed by atoms with van der Waals surface area (Å²) in [5, 5.41) is 11.8. The van der Waals surface area contributed by atoms with E-state index in [-0.39, 0.29) is 11.9 Å². The molecule has 104 valence electrons. The van der Waals surface area contributed by atoms with Gasteiger partial charge < -0.3 is 15.2 Å². The van der Waals surface area contributed by atoms with Crippen molar-refractivity contribution in [1.29, 1.82) is 0 Å². The van der Waals surface area contributed by atoms with Crippen molar-refractivity contribution in [3.63, 3.8) is 0 Å². The number of hydrogen-bond donors (Lipinski definition) is 2. The number of carbonyl (C=O) groups is 2. The Labute approximate surface area is 116 Å². The van der Waals surface area contributed by atoms with Gasteiger partial charge in [0.15, 0.2) is 0 Å². The number of fused-ring (bicyclic) bond motifs is 1. The van der Waals surface area contributed by atoms with E-state index in [0.717, 1.165) is 11.1 Å². The number of carbonyl (C=O) groups excluding carboxylic acids is 1. The van der Waals surface area contributed by atoms with Crippen LogP contribution in [0.25, 0.3) is 0 Å². The van der Waals surface area contributed by atoms with Gasteiger partial charge in [0.25, 0.3) is 5.91 Å². The van der Waals surface area contributed by atoms with Crippen LogP contribution in [0.5, 0.6) is 0 Å². The zero-order valence-corrected chi connectivity index (χ0v) is 10.8. The Hall–Kier alpha value is -2.14. The summed E-state index contributed by atoms with van der Waals surface area (Å²) in [5.41, 5.74) is 2.75. The first-order chi connectivity index (χ1) is 9.63. The first-order valence-corrected chi connectivity index (χ1v) is 6.55. The molecule has 0 saturated carbocycles. The maximum absolute atomic E-state index is 12.1. The Morgan fingerprint density at radius 2 is 2.00 bits per heavy atom. The maximum atomic E-state index is 12.1. The first kappa shape index (κ1) is 12.9. The molecule has 0 radical (unpaired) electrons. The second kappa shape index (κ2) is 5.09. The van der Waals surface area contributed by atoms with E-state index in [1.807, 2.05) is 12.1 Å². The highest BCUT2D eigenvalue weighted by molar-refractivity contribution is 5.95.